The molecule has 0 rings (SSSR count). The summed E-state index contributed by atoms with van der Waals surface area (Å²) in [6, 6.07) is 0. The zero-order valence-corrected chi connectivity index (χ0v) is 17.1. The van der Waals surface area contributed by atoms with Crippen LogP contribution in [0.3, 0.4) is 0 Å². The van der Waals surface area contributed by atoms with E-state index in [1.807, 2.05) is 20.8 Å². The summed E-state index contributed by atoms with van der Waals surface area (Å²) in [5.74, 6) is -0.123. The van der Waals surface area contributed by atoms with Gasteiger partial charge in [0.25, 0.3) is 0 Å². The Kier molecular flexibility index (Phi) is 16.4. The minimum absolute atomic E-state index is 0.0107. The second-order valence-corrected chi connectivity index (χ2v) is 6.89. The second kappa shape index (κ2) is 16.8. The minimum Gasteiger partial charge on any atom is -0.463 e. The van der Waals surface area contributed by atoms with Gasteiger partial charge in [0.05, 0.1) is 31.5 Å². The largest absolute Gasteiger partial charge is 0.463 e. The van der Waals surface area contributed by atoms with Gasteiger partial charge < -0.3 is 18.9 Å². The number of carbonyl (C=O) groups excluding carboxylic acids is 1. The van der Waals surface area contributed by atoms with Crippen molar-refractivity contribution in [3.05, 3.63) is 0 Å². The lowest BCUT2D eigenvalue weighted by Gasteiger charge is -2.19. The number of hydrogen-bond donors (Lipinski definition) is 0. The smallest absolute Gasteiger partial charge is 0.305 e. The number of unbranched alkanes of at least 4 members (excludes halogenated alkanes) is 6. The number of esters is 1. The van der Waals surface area contributed by atoms with Crippen LogP contribution in [0, 0.1) is 0 Å². The summed E-state index contributed by atoms with van der Waals surface area (Å²) in [7, 11) is 1.66. The normalized spacial score (nSPS) is 14.9. The second-order valence-electron chi connectivity index (χ2n) is 6.89. The van der Waals surface area contributed by atoms with Gasteiger partial charge >= 0.3 is 5.97 Å². The van der Waals surface area contributed by atoms with Gasteiger partial charge in [0.2, 0.25) is 0 Å². The van der Waals surface area contributed by atoms with Crippen molar-refractivity contribution in [1.29, 1.82) is 0 Å². The van der Waals surface area contributed by atoms with Crippen LogP contribution >= 0.6 is 0 Å². The molecule has 25 heavy (non-hydrogen) atoms. The van der Waals surface area contributed by atoms with Crippen LogP contribution in [0.5, 0.6) is 0 Å². The molecular weight excluding hydrogens is 320 g/mol. The Bertz CT molecular complexity index is 308. The summed E-state index contributed by atoms with van der Waals surface area (Å²) in [4.78, 5) is 11.7. The van der Waals surface area contributed by atoms with Gasteiger partial charge in [-0.2, -0.15) is 0 Å². The molecular formula is C20H40O5. The Balaban J connectivity index is 3.54. The van der Waals surface area contributed by atoms with E-state index >= 15 is 0 Å². The summed E-state index contributed by atoms with van der Waals surface area (Å²) >= 11 is 0. The van der Waals surface area contributed by atoms with Crippen molar-refractivity contribution in [2.24, 2.45) is 0 Å². The standard InChI is InChI=1S/C20H40O5/c1-6-7-8-9-10-11-12-13-20(21)25-16-19(4)24-15-18(3)23-14-17(2)22-5/h17-19H,6-16H2,1-5H3. The third-order valence-corrected chi connectivity index (χ3v) is 4.10. The van der Waals surface area contributed by atoms with Crippen LogP contribution in [-0.2, 0) is 23.7 Å². The molecule has 0 aliphatic rings. The number of carbonyl (C=O) groups is 1. The molecule has 3 unspecified atom stereocenters. The minimum atomic E-state index is -0.123. The monoisotopic (exact) mass is 360 g/mol. The molecule has 0 amide bonds. The third kappa shape index (κ3) is 16.6. The molecule has 150 valence electrons. The van der Waals surface area contributed by atoms with Crippen molar-refractivity contribution < 1.29 is 23.7 Å². The van der Waals surface area contributed by atoms with Crippen molar-refractivity contribution in [3.8, 4) is 0 Å². The highest BCUT2D eigenvalue weighted by Crippen LogP contribution is 2.09. The average molecular weight is 361 g/mol. The maximum absolute atomic E-state index is 11.7. The topological polar surface area (TPSA) is 54.0 Å². The zero-order chi connectivity index (χ0) is 18.9. The predicted octanol–water partition coefficient (Wildman–Crippen LogP) is 4.52. The molecule has 0 heterocycles. The van der Waals surface area contributed by atoms with Crippen molar-refractivity contribution in [3.63, 3.8) is 0 Å². The zero-order valence-electron chi connectivity index (χ0n) is 17.1. The van der Waals surface area contributed by atoms with Gasteiger partial charge in [0.15, 0.2) is 0 Å². The SMILES string of the molecule is CCCCCCCCCC(=O)OCC(C)OCC(C)OCC(C)OC. The van der Waals surface area contributed by atoms with E-state index < -0.39 is 0 Å². The molecule has 0 bridgehead atoms. The Labute approximate surface area is 154 Å². The maximum Gasteiger partial charge on any atom is 0.305 e. The number of methoxy groups -OCH3 is 1. The first-order valence-electron chi connectivity index (χ1n) is 9.91. The maximum atomic E-state index is 11.7. The molecule has 0 aliphatic carbocycles. The lowest BCUT2D eigenvalue weighted by Crippen LogP contribution is -2.26. The summed E-state index contributed by atoms with van der Waals surface area (Å²) in [5.41, 5.74) is 0. The average Bonchev–Trinajstić information content (AvgIpc) is 2.61. The van der Waals surface area contributed by atoms with Crippen LogP contribution in [0.25, 0.3) is 0 Å². The molecule has 5 heteroatoms. The van der Waals surface area contributed by atoms with Crippen LogP contribution < -0.4 is 0 Å². The van der Waals surface area contributed by atoms with E-state index in [1.165, 1.54) is 32.1 Å². The van der Waals surface area contributed by atoms with E-state index in [0.29, 0.717) is 26.2 Å². The van der Waals surface area contributed by atoms with Crippen molar-refractivity contribution in [1.82, 2.24) is 0 Å². The van der Waals surface area contributed by atoms with Gasteiger partial charge in [-0.15, -0.1) is 0 Å². The summed E-state index contributed by atoms with van der Waals surface area (Å²) in [6.45, 7) is 9.37. The molecule has 3 atom stereocenters. The number of hydrogen-bond acceptors (Lipinski definition) is 5. The van der Waals surface area contributed by atoms with Crippen LogP contribution in [0.4, 0.5) is 0 Å². The van der Waals surface area contributed by atoms with Crippen molar-refractivity contribution >= 4 is 5.97 Å². The van der Waals surface area contributed by atoms with Gasteiger partial charge in [-0.05, 0) is 27.2 Å². The third-order valence-electron chi connectivity index (χ3n) is 4.10. The highest BCUT2D eigenvalue weighted by atomic mass is 16.6. The molecule has 0 aromatic rings. The quantitative estimate of drug-likeness (QED) is 0.282. The Morgan fingerprint density at radius 2 is 1.28 bits per heavy atom. The molecule has 0 spiro atoms. The first-order chi connectivity index (χ1) is 12.0. The Hall–Kier alpha value is -0.650. The van der Waals surface area contributed by atoms with Crippen LogP contribution in [0.2, 0.25) is 0 Å². The van der Waals surface area contributed by atoms with Crippen LogP contribution in [0.15, 0.2) is 0 Å². The molecule has 0 fully saturated rings. The highest BCUT2D eigenvalue weighted by Gasteiger charge is 2.11. The molecule has 5 nitrogen and oxygen atoms in total. The van der Waals surface area contributed by atoms with Gasteiger partial charge in [0, 0.05) is 13.5 Å². The lowest BCUT2D eigenvalue weighted by molar-refractivity contribution is -0.148. The fourth-order valence-corrected chi connectivity index (χ4v) is 2.27. The molecule has 0 aliphatic heterocycles. The summed E-state index contributed by atoms with van der Waals surface area (Å²) < 4.78 is 21.7. The van der Waals surface area contributed by atoms with E-state index in [4.69, 9.17) is 18.9 Å². The fourth-order valence-electron chi connectivity index (χ4n) is 2.27. The van der Waals surface area contributed by atoms with E-state index in [1.54, 1.807) is 7.11 Å². The first kappa shape index (κ1) is 24.4. The van der Waals surface area contributed by atoms with E-state index in [9.17, 15) is 4.79 Å². The van der Waals surface area contributed by atoms with Gasteiger partial charge in [-0.25, -0.2) is 0 Å². The summed E-state index contributed by atoms with van der Waals surface area (Å²) in [5, 5.41) is 0. The van der Waals surface area contributed by atoms with Crippen LogP contribution in [0.1, 0.15) is 79.1 Å². The van der Waals surface area contributed by atoms with E-state index in [-0.39, 0.29) is 24.3 Å². The lowest BCUT2D eigenvalue weighted by atomic mass is 10.1. The number of ether oxygens (including phenoxy) is 4. The molecule has 0 aromatic heterocycles. The molecule has 0 radical (unpaired) electrons. The first-order valence-corrected chi connectivity index (χ1v) is 9.91. The van der Waals surface area contributed by atoms with Crippen molar-refractivity contribution in [2.75, 3.05) is 26.9 Å². The van der Waals surface area contributed by atoms with Crippen molar-refractivity contribution in [2.45, 2.75) is 97.4 Å². The van der Waals surface area contributed by atoms with Gasteiger partial charge in [0.1, 0.15) is 6.61 Å². The van der Waals surface area contributed by atoms with E-state index in [2.05, 4.69) is 6.92 Å². The number of rotatable bonds is 17. The van der Waals surface area contributed by atoms with Crippen LogP contribution in [-0.4, -0.2) is 51.2 Å². The molecule has 0 aromatic carbocycles. The highest BCUT2D eigenvalue weighted by molar-refractivity contribution is 5.69. The Morgan fingerprint density at radius 1 is 0.760 bits per heavy atom. The summed E-state index contributed by atoms with van der Waals surface area (Å²) in [6.07, 6.45) is 8.86. The Morgan fingerprint density at radius 3 is 1.88 bits per heavy atom. The molecule has 0 saturated carbocycles. The van der Waals surface area contributed by atoms with E-state index in [0.717, 1.165) is 12.8 Å². The van der Waals surface area contributed by atoms with Gasteiger partial charge in [-0.3, -0.25) is 4.79 Å². The molecule has 0 saturated heterocycles. The molecule has 0 N–H and O–H groups in total. The van der Waals surface area contributed by atoms with Gasteiger partial charge in [-0.1, -0.05) is 45.4 Å². The fraction of sp³-hybridized carbons (Fsp3) is 0.950. The predicted molar refractivity (Wildman–Crippen MR) is 101 cm³/mol.